The third-order valence-electron chi connectivity index (χ3n) is 12.5. The van der Waals surface area contributed by atoms with Crippen molar-refractivity contribution in [3.8, 4) is 0 Å². The first-order chi connectivity index (χ1) is 30.0. The summed E-state index contributed by atoms with van der Waals surface area (Å²) < 4.78 is 23.3. The Bertz CT molecular complexity index is 1020. The van der Waals surface area contributed by atoms with Crippen LogP contribution in [0.2, 0.25) is 0 Å². The number of quaternary nitrogens is 1. The number of hydrogen-bond acceptors (Lipinski definition) is 6. The standard InChI is InChI=1S/C53H107N2O6P/c1-6-8-10-12-14-16-18-20-22-23-24-25-26-27-28-29-30-31-32-33-35-37-39-41-43-45-47-53(57)54-51(50-61-62(58,59)60-49-48-55(3,4)5)52(56)46-44-42-40-38-36-34-21-19-17-15-13-11-9-7-2/h44,46,51-52,56H,6-43,45,47-50H2,1-5H3,(H-,54,57,58,59)/b46-44+/t51-,52+/m0/s1. The largest absolute Gasteiger partial charge is 0.756 e. The van der Waals surface area contributed by atoms with Gasteiger partial charge in [0.05, 0.1) is 39.9 Å². The first-order valence-electron chi connectivity index (χ1n) is 27.1. The van der Waals surface area contributed by atoms with Gasteiger partial charge in [-0.15, -0.1) is 0 Å². The van der Waals surface area contributed by atoms with Gasteiger partial charge in [-0.2, -0.15) is 0 Å². The number of unbranched alkanes of at least 4 members (excludes halogenated alkanes) is 37. The molecule has 0 fully saturated rings. The zero-order valence-corrected chi connectivity index (χ0v) is 43.0. The fraction of sp³-hybridized carbons (Fsp3) is 0.943. The van der Waals surface area contributed by atoms with E-state index in [0.29, 0.717) is 17.4 Å². The number of allylic oxidation sites excluding steroid dienone is 1. The smallest absolute Gasteiger partial charge is 0.268 e. The second-order valence-corrected chi connectivity index (χ2v) is 21.4. The Morgan fingerprint density at radius 3 is 1.21 bits per heavy atom. The fourth-order valence-electron chi connectivity index (χ4n) is 8.21. The Morgan fingerprint density at radius 2 is 0.871 bits per heavy atom. The van der Waals surface area contributed by atoms with Crippen molar-refractivity contribution in [3.05, 3.63) is 12.2 Å². The number of hydrogen-bond donors (Lipinski definition) is 2. The maximum atomic E-state index is 12.9. The fourth-order valence-corrected chi connectivity index (χ4v) is 8.94. The quantitative estimate of drug-likeness (QED) is 0.0272. The molecule has 2 N–H and O–H groups in total. The van der Waals surface area contributed by atoms with Crippen LogP contribution in [0.3, 0.4) is 0 Å². The number of phosphoric ester groups is 1. The van der Waals surface area contributed by atoms with Crippen molar-refractivity contribution in [1.29, 1.82) is 0 Å². The second-order valence-electron chi connectivity index (χ2n) is 19.9. The normalized spacial score (nSPS) is 14.1. The molecule has 0 saturated carbocycles. The van der Waals surface area contributed by atoms with E-state index in [1.807, 2.05) is 27.2 Å². The van der Waals surface area contributed by atoms with Crippen molar-refractivity contribution < 1.29 is 32.9 Å². The van der Waals surface area contributed by atoms with Crippen LogP contribution in [-0.2, 0) is 18.4 Å². The summed E-state index contributed by atoms with van der Waals surface area (Å²) in [5, 5.41) is 13.8. The molecule has 0 spiro atoms. The van der Waals surface area contributed by atoms with Crippen LogP contribution in [0.5, 0.6) is 0 Å². The van der Waals surface area contributed by atoms with Crippen LogP contribution >= 0.6 is 7.82 Å². The molecular formula is C53H107N2O6P. The molecule has 370 valence electrons. The number of rotatable bonds is 50. The van der Waals surface area contributed by atoms with Crippen molar-refractivity contribution in [3.63, 3.8) is 0 Å². The third kappa shape index (κ3) is 47.2. The van der Waals surface area contributed by atoms with Gasteiger partial charge in [-0.1, -0.05) is 257 Å². The summed E-state index contributed by atoms with van der Waals surface area (Å²) in [6.07, 6.45) is 54.2. The van der Waals surface area contributed by atoms with Crippen LogP contribution in [0.15, 0.2) is 12.2 Å². The number of carbonyl (C=O) groups is 1. The lowest BCUT2D eigenvalue weighted by molar-refractivity contribution is -0.870. The third-order valence-corrected chi connectivity index (χ3v) is 13.5. The van der Waals surface area contributed by atoms with Crippen LogP contribution in [0.4, 0.5) is 0 Å². The molecule has 0 aliphatic carbocycles. The minimum atomic E-state index is -4.59. The first-order valence-corrected chi connectivity index (χ1v) is 28.5. The predicted molar refractivity (Wildman–Crippen MR) is 266 cm³/mol. The summed E-state index contributed by atoms with van der Waals surface area (Å²) in [5.74, 6) is -0.192. The van der Waals surface area contributed by atoms with Gasteiger partial charge in [-0.3, -0.25) is 9.36 Å². The molecule has 3 atom stereocenters. The average molecular weight is 899 g/mol. The minimum Gasteiger partial charge on any atom is -0.756 e. The molecule has 9 heteroatoms. The predicted octanol–water partition coefficient (Wildman–Crippen LogP) is 15.2. The van der Waals surface area contributed by atoms with Gasteiger partial charge in [-0.25, -0.2) is 0 Å². The Kier molecular flexibility index (Phi) is 44.8. The highest BCUT2D eigenvalue weighted by Gasteiger charge is 2.23. The zero-order valence-electron chi connectivity index (χ0n) is 42.1. The number of aliphatic hydroxyl groups is 1. The van der Waals surface area contributed by atoms with E-state index >= 15 is 0 Å². The zero-order chi connectivity index (χ0) is 45.7. The van der Waals surface area contributed by atoms with Crippen molar-refractivity contribution in [2.45, 2.75) is 283 Å². The van der Waals surface area contributed by atoms with E-state index in [2.05, 4.69) is 19.2 Å². The number of aliphatic hydroxyl groups excluding tert-OH is 1. The van der Waals surface area contributed by atoms with E-state index in [9.17, 15) is 19.4 Å². The summed E-state index contributed by atoms with van der Waals surface area (Å²) in [6.45, 7) is 4.68. The highest BCUT2D eigenvalue weighted by Crippen LogP contribution is 2.38. The number of nitrogens with one attached hydrogen (secondary N) is 1. The molecule has 0 aromatic heterocycles. The number of likely N-dealkylation sites (N-methyl/N-ethyl adjacent to an activating group) is 1. The van der Waals surface area contributed by atoms with Gasteiger partial charge in [0.25, 0.3) is 7.82 Å². The topological polar surface area (TPSA) is 108 Å². The van der Waals surface area contributed by atoms with Gasteiger partial charge < -0.3 is 28.8 Å². The Morgan fingerprint density at radius 1 is 0.548 bits per heavy atom. The highest BCUT2D eigenvalue weighted by atomic mass is 31.2. The molecule has 0 bridgehead atoms. The molecule has 0 aliphatic rings. The molecule has 1 amide bonds. The van der Waals surface area contributed by atoms with Crippen LogP contribution in [0.25, 0.3) is 0 Å². The molecular weight excluding hydrogens is 792 g/mol. The van der Waals surface area contributed by atoms with E-state index in [-0.39, 0.29) is 19.1 Å². The summed E-state index contributed by atoms with van der Waals surface area (Å²) in [4.78, 5) is 25.4. The number of amides is 1. The number of carbonyl (C=O) groups excluding carboxylic acids is 1. The van der Waals surface area contributed by atoms with Gasteiger partial charge in [0.1, 0.15) is 13.2 Å². The van der Waals surface area contributed by atoms with E-state index in [1.54, 1.807) is 6.08 Å². The van der Waals surface area contributed by atoms with Crippen molar-refractivity contribution in [2.75, 3.05) is 40.9 Å². The second kappa shape index (κ2) is 45.4. The maximum absolute atomic E-state index is 12.9. The van der Waals surface area contributed by atoms with Gasteiger partial charge in [0.2, 0.25) is 5.91 Å². The Balaban J connectivity index is 4.12. The molecule has 8 nitrogen and oxygen atoms in total. The molecule has 0 heterocycles. The van der Waals surface area contributed by atoms with Crippen LogP contribution in [0.1, 0.15) is 271 Å². The number of nitrogens with zero attached hydrogens (tertiary/aromatic N) is 1. The van der Waals surface area contributed by atoms with Crippen molar-refractivity contribution >= 4 is 13.7 Å². The van der Waals surface area contributed by atoms with E-state index in [4.69, 9.17) is 9.05 Å². The van der Waals surface area contributed by atoms with Gasteiger partial charge >= 0.3 is 0 Å². The van der Waals surface area contributed by atoms with Crippen molar-refractivity contribution in [1.82, 2.24) is 5.32 Å². The van der Waals surface area contributed by atoms with Crippen molar-refractivity contribution in [2.24, 2.45) is 0 Å². The Labute approximate surface area is 386 Å². The SMILES string of the molecule is CCCCCCCCCCCCCC/C=C/[C@@H](O)[C@H](COP(=O)([O-])OCC[N+](C)(C)C)NC(=O)CCCCCCCCCCCCCCCCCCCCCCCCCCCC. The first kappa shape index (κ1) is 61.2. The summed E-state index contributed by atoms with van der Waals surface area (Å²) >= 11 is 0. The van der Waals surface area contributed by atoms with Crippen LogP contribution < -0.4 is 10.2 Å². The van der Waals surface area contributed by atoms with E-state index < -0.39 is 20.0 Å². The molecule has 0 saturated heterocycles. The monoisotopic (exact) mass is 899 g/mol. The minimum absolute atomic E-state index is 0.00240. The summed E-state index contributed by atoms with van der Waals surface area (Å²) in [5.41, 5.74) is 0. The van der Waals surface area contributed by atoms with E-state index in [0.717, 1.165) is 38.5 Å². The van der Waals surface area contributed by atoms with Gasteiger partial charge in [0, 0.05) is 6.42 Å². The van der Waals surface area contributed by atoms with E-state index in [1.165, 1.54) is 212 Å². The van der Waals surface area contributed by atoms with Gasteiger partial charge in [0.15, 0.2) is 0 Å². The molecule has 1 unspecified atom stereocenters. The molecule has 0 aromatic carbocycles. The summed E-state index contributed by atoms with van der Waals surface area (Å²) in [7, 11) is 1.28. The number of phosphoric acid groups is 1. The van der Waals surface area contributed by atoms with Crippen LogP contribution in [0, 0.1) is 0 Å². The molecule has 0 aromatic rings. The summed E-state index contributed by atoms with van der Waals surface area (Å²) in [6, 6.07) is -0.881. The Hall–Kier alpha value is -0.760. The lowest BCUT2D eigenvalue weighted by atomic mass is 10.0. The lowest BCUT2D eigenvalue weighted by Gasteiger charge is -2.29. The van der Waals surface area contributed by atoms with Gasteiger partial charge in [-0.05, 0) is 19.3 Å². The molecule has 62 heavy (non-hydrogen) atoms. The maximum Gasteiger partial charge on any atom is 0.268 e. The molecule has 0 rings (SSSR count). The molecule has 0 aliphatic heterocycles. The lowest BCUT2D eigenvalue weighted by Crippen LogP contribution is -2.45. The highest BCUT2D eigenvalue weighted by molar-refractivity contribution is 7.45. The van der Waals surface area contributed by atoms with Crippen LogP contribution in [-0.4, -0.2) is 68.5 Å². The molecule has 0 radical (unpaired) electrons. The average Bonchev–Trinajstić information content (AvgIpc) is 3.23.